The van der Waals surface area contributed by atoms with E-state index in [1.807, 2.05) is 13.0 Å². The molecule has 0 radical (unpaired) electrons. The maximum atomic E-state index is 12.1. The number of ketones is 1. The molecule has 4 atom stereocenters. The summed E-state index contributed by atoms with van der Waals surface area (Å²) in [7, 11) is 1.40. The molecule has 1 fully saturated rings. The summed E-state index contributed by atoms with van der Waals surface area (Å²) in [4.78, 5) is 23.1. The maximum absolute atomic E-state index is 12.1. The van der Waals surface area contributed by atoms with E-state index in [0.29, 0.717) is 12.8 Å². The largest absolute Gasteiger partial charge is 0.469 e. The van der Waals surface area contributed by atoms with E-state index in [4.69, 9.17) is 0 Å². The van der Waals surface area contributed by atoms with Crippen molar-refractivity contribution in [2.24, 2.45) is 11.8 Å². The molecule has 138 valence electrons. The first-order chi connectivity index (χ1) is 11.5. The summed E-state index contributed by atoms with van der Waals surface area (Å²) in [6.07, 6.45) is 9.33. The maximum Gasteiger partial charge on any atom is 0.305 e. The molecule has 0 aliphatic heterocycles. The highest BCUT2D eigenvalue weighted by molar-refractivity contribution is 5.84. The van der Waals surface area contributed by atoms with E-state index in [0.717, 1.165) is 38.5 Å². The number of ether oxygens (including phenoxy) is 1. The number of Topliss-reactive ketones (excluding diaryl/α,β-unsaturated/α-hetero) is 1. The highest BCUT2D eigenvalue weighted by Gasteiger charge is 2.39. The van der Waals surface area contributed by atoms with E-state index < -0.39 is 12.2 Å². The van der Waals surface area contributed by atoms with E-state index in [1.54, 1.807) is 6.08 Å². The summed E-state index contributed by atoms with van der Waals surface area (Å²) >= 11 is 0. The predicted molar refractivity (Wildman–Crippen MR) is 92.4 cm³/mol. The number of carbonyl (C=O) groups is 2. The van der Waals surface area contributed by atoms with Crippen molar-refractivity contribution in [2.45, 2.75) is 76.9 Å². The molecule has 1 aliphatic rings. The molecule has 24 heavy (non-hydrogen) atoms. The lowest BCUT2D eigenvalue weighted by molar-refractivity contribution is -0.140. The number of esters is 1. The Hall–Kier alpha value is -1.20. The zero-order chi connectivity index (χ0) is 17.9. The first-order valence-corrected chi connectivity index (χ1v) is 9.13. The van der Waals surface area contributed by atoms with Crippen LogP contribution in [0.5, 0.6) is 0 Å². The van der Waals surface area contributed by atoms with Crippen LogP contribution in [0.25, 0.3) is 0 Å². The van der Waals surface area contributed by atoms with Crippen molar-refractivity contribution in [3.05, 3.63) is 12.2 Å². The quantitative estimate of drug-likeness (QED) is 0.343. The van der Waals surface area contributed by atoms with Crippen molar-refractivity contribution in [1.82, 2.24) is 0 Å². The number of aliphatic hydroxyl groups excluding tert-OH is 2. The number of unbranched alkanes of at least 4 members (excludes halogenated alkanes) is 4. The van der Waals surface area contributed by atoms with E-state index in [9.17, 15) is 19.8 Å². The minimum atomic E-state index is -0.622. The van der Waals surface area contributed by atoms with Gasteiger partial charge in [0.2, 0.25) is 0 Å². The number of carbonyl (C=O) groups excluding carboxylic acids is 2. The summed E-state index contributed by atoms with van der Waals surface area (Å²) in [5.74, 6) is -0.327. The topological polar surface area (TPSA) is 83.8 Å². The van der Waals surface area contributed by atoms with Crippen LogP contribution in [0, 0.1) is 11.8 Å². The first-order valence-electron chi connectivity index (χ1n) is 9.13. The third-order valence-corrected chi connectivity index (χ3v) is 4.83. The molecule has 0 spiro atoms. The average Bonchev–Trinajstić information content (AvgIpc) is 2.84. The molecule has 1 saturated carbocycles. The van der Waals surface area contributed by atoms with Gasteiger partial charge in [0.05, 0.1) is 19.3 Å². The third kappa shape index (κ3) is 7.14. The van der Waals surface area contributed by atoms with Gasteiger partial charge in [0.15, 0.2) is 0 Å². The molecular formula is C19H32O5. The molecule has 0 aromatic carbocycles. The normalized spacial score (nSPS) is 25.3. The lowest BCUT2D eigenvalue weighted by atomic mass is 9.88. The third-order valence-electron chi connectivity index (χ3n) is 4.83. The zero-order valence-corrected chi connectivity index (χ0v) is 14.9. The molecule has 0 saturated heterocycles. The van der Waals surface area contributed by atoms with Gasteiger partial charge < -0.3 is 14.9 Å². The standard InChI is InChI=1S/C19H32O5/c1-3-14(20)11-12-16-15(17(21)13-18(16)22)9-7-5-4-6-8-10-19(23)24-2/h11-12,14-16,18,20,22H,3-10,13H2,1-2H3/b12-11+/t14-,15-,16+,18+/m1/s1. The molecule has 0 heterocycles. The van der Waals surface area contributed by atoms with Crippen LogP contribution in [0.2, 0.25) is 0 Å². The molecule has 1 rings (SSSR count). The van der Waals surface area contributed by atoms with E-state index in [-0.39, 0.29) is 30.0 Å². The van der Waals surface area contributed by atoms with Crippen molar-refractivity contribution >= 4 is 11.8 Å². The van der Waals surface area contributed by atoms with Gasteiger partial charge in [-0.25, -0.2) is 0 Å². The Kier molecular flexibility index (Phi) is 9.88. The van der Waals surface area contributed by atoms with Gasteiger partial charge >= 0.3 is 5.97 Å². The van der Waals surface area contributed by atoms with Crippen molar-refractivity contribution in [3.8, 4) is 0 Å². The van der Waals surface area contributed by atoms with Crippen LogP contribution in [0.15, 0.2) is 12.2 Å². The van der Waals surface area contributed by atoms with Gasteiger partial charge in [-0.2, -0.15) is 0 Å². The fourth-order valence-corrected chi connectivity index (χ4v) is 3.25. The van der Waals surface area contributed by atoms with Crippen LogP contribution in [0.1, 0.15) is 64.7 Å². The second kappa shape index (κ2) is 11.4. The van der Waals surface area contributed by atoms with Gasteiger partial charge in [0, 0.05) is 24.7 Å². The minimum absolute atomic E-state index is 0.129. The number of rotatable bonds is 11. The molecule has 0 aromatic heterocycles. The molecule has 0 bridgehead atoms. The van der Waals surface area contributed by atoms with Gasteiger partial charge in [-0.3, -0.25) is 9.59 Å². The fraction of sp³-hybridized carbons (Fsp3) is 0.789. The highest BCUT2D eigenvalue weighted by Crippen LogP contribution is 2.34. The van der Waals surface area contributed by atoms with Crippen LogP contribution < -0.4 is 0 Å². The Balaban J connectivity index is 2.29. The number of hydrogen-bond acceptors (Lipinski definition) is 5. The molecule has 0 aromatic rings. The molecule has 2 N–H and O–H groups in total. The van der Waals surface area contributed by atoms with E-state index in [2.05, 4.69) is 4.74 Å². The zero-order valence-electron chi connectivity index (χ0n) is 14.9. The molecule has 0 amide bonds. The summed E-state index contributed by atoms with van der Waals surface area (Å²) in [5.41, 5.74) is 0. The van der Waals surface area contributed by atoms with Crippen LogP contribution in [-0.2, 0) is 14.3 Å². The average molecular weight is 340 g/mol. The Morgan fingerprint density at radius 2 is 1.96 bits per heavy atom. The lowest BCUT2D eigenvalue weighted by Gasteiger charge is -2.17. The smallest absolute Gasteiger partial charge is 0.305 e. The minimum Gasteiger partial charge on any atom is -0.469 e. The summed E-state index contributed by atoms with van der Waals surface area (Å²) in [5, 5.41) is 19.7. The molecule has 5 heteroatoms. The Morgan fingerprint density at radius 3 is 2.62 bits per heavy atom. The van der Waals surface area contributed by atoms with Gasteiger partial charge in [-0.1, -0.05) is 44.8 Å². The molecule has 1 aliphatic carbocycles. The second-order valence-electron chi connectivity index (χ2n) is 6.66. The molecular weight excluding hydrogens is 308 g/mol. The van der Waals surface area contributed by atoms with Crippen molar-refractivity contribution < 1.29 is 24.5 Å². The number of hydrogen-bond donors (Lipinski definition) is 2. The van der Waals surface area contributed by atoms with Crippen molar-refractivity contribution in [1.29, 1.82) is 0 Å². The number of aliphatic hydroxyl groups is 2. The highest BCUT2D eigenvalue weighted by atomic mass is 16.5. The number of methoxy groups -OCH3 is 1. The summed E-state index contributed by atoms with van der Waals surface area (Å²) < 4.78 is 4.60. The predicted octanol–water partition coefficient (Wildman–Crippen LogP) is 2.78. The second-order valence-corrected chi connectivity index (χ2v) is 6.66. The van der Waals surface area contributed by atoms with Gasteiger partial charge in [0.1, 0.15) is 5.78 Å². The van der Waals surface area contributed by atoms with E-state index in [1.165, 1.54) is 7.11 Å². The molecule has 5 nitrogen and oxygen atoms in total. The van der Waals surface area contributed by atoms with Crippen LogP contribution in [0.3, 0.4) is 0 Å². The van der Waals surface area contributed by atoms with Crippen LogP contribution >= 0.6 is 0 Å². The van der Waals surface area contributed by atoms with Gasteiger partial charge in [0.25, 0.3) is 0 Å². The fourth-order valence-electron chi connectivity index (χ4n) is 3.25. The Labute approximate surface area is 145 Å². The first kappa shape index (κ1) is 20.8. The molecule has 0 unspecified atom stereocenters. The van der Waals surface area contributed by atoms with Crippen LogP contribution in [0.4, 0.5) is 0 Å². The lowest BCUT2D eigenvalue weighted by Crippen LogP contribution is -2.19. The van der Waals surface area contributed by atoms with Gasteiger partial charge in [-0.15, -0.1) is 0 Å². The summed E-state index contributed by atoms with van der Waals surface area (Å²) in [6, 6.07) is 0. The van der Waals surface area contributed by atoms with Crippen molar-refractivity contribution in [2.75, 3.05) is 7.11 Å². The monoisotopic (exact) mass is 340 g/mol. The summed E-state index contributed by atoms with van der Waals surface area (Å²) in [6.45, 7) is 1.89. The van der Waals surface area contributed by atoms with Crippen LogP contribution in [-0.4, -0.2) is 41.3 Å². The SMILES string of the molecule is CC[C@@H](O)/C=C/[C@@H]1[C@@H](O)CC(=O)[C@@H]1CCCCCCCC(=O)OC. The Bertz CT molecular complexity index is 418. The Morgan fingerprint density at radius 1 is 1.29 bits per heavy atom. The van der Waals surface area contributed by atoms with Gasteiger partial charge in [-0.05, 0) is 19.3 Å². The van der Waals surface area contributed by atoms with Crippen molar-refractivity contribution in [3.63, 3.8) is 0 Å². The van der Waals surface area contributed by atoms with E-state index >= 15 is 0 Å².